The summed E-state index contributed by atoms with van der Waals surface area (Å²) in [6.45, 7) is 6.72. The van der Waals surface area contributed by atoms with E-state index in [1.165, 1.54) is 21.0 Å². The van der Waals surface area contributed by atoms with Gasteiger partial charge in [-0.3, -0.25) is 4.57 Å². The van der Waals surface area contributed by atoms with Gasteiger partial charge in [0.05, 0.1) is 17.0 Å². The van der Waals surface area contributed by atoms with E-state index in [0.29, 0.717) is 25.2 Å². The minimum Gasteiger partial charge on any atom is -0.408 e. The first-order valence-electron chi connectivity index (χ1n) is 8.56. The zero-order chi connectivity index (χ0) is 18.9. The van der Waals surface area contributed by atoms with Gasteiger partial charge in [0.1, 0.15) is 0 Å². The van der Waals surface area contributed by atoms with Crippen LogP contribution in [0.1, 0.15) is 25.0 Å². The number of aromatic nitrogens is 1. The van der Waals surface area contributed by atoms with E-state index in [0.717, 1.165) is 11.1 Å². The Hall–Kier alpha value is -2.38. The summed E-state index contributed by atoms with van der Waals surface area (Å²) in [7, 11) is -3.60. The molecule has 0 fully saturated rings. The summed E-state index contributed by atoms with van der Waals surface area (Å²) in [5.74, 6) is -0.502. The molecule has 0 bridgehead atoms. The van der Waals surface area contributed by atoms with E-state index in [2.05, 4.69) is 0 Å². The average Bonchev–Trinajstić information content (AvgIpc) is 2.92. The molecule has 138 valence electrons. The molecule has 6 nitrogen and oxygen atoms in total. The molecule has 2 aromatic carbocycles. The Kier molecular flexibility index (Phi) is 5.02. The molecule has 3 rings (SSSR count). The molecule has 1 heterocycles. The zero-order valence-corrected chi connectivity index (χ0v) is 15.9. The fraction of sp³-hybridized carbons (Fsp3) is 0.316. The molecule has 0 aliphatic rings. The van der Waals surface area contributed by atoms with E-state index in [9.17, 15) is 13.2 Å². The average molecular weight is 374 g/mol. The lowest BCUT2D eigenvalue weighted by Crippen LogP contribution is -2.30. The van der Waals surface area contributed by atoms with Crippen LogP contribution < -0.4 is 5.76 Å². The summed E-state index contributed by atoms with van der Waals surface area (Å²) in [5.41, 5.74) is 2.97. The maximum atomic E-state index is 12.7. The third kappa shape index (κ3) is 3.32. The summed E-state index contributed by atoms with van der Waals surface area (Å²) in [6, 6.07) is 12.5. The van der Waals surface area contributed by atoms with Crippen molar-refractivity contribution in [2.45, 2.75) is 32.2 Å². The van der Waals surface area contributed by atoms with Crippen molar-refractivity contribution in [1.29, 1.82) is 0 Å². The van der Waals surface area contributed by atoms with E-state index in [-0.39, 0.29) is 10.5 Å². The Morgan fingerprint density at radius 3 is 2.31 bits per heavy atom. The number of sulfonamides is 1. The molecule has 0 atom stereocenters. The minimum absolute atomic E-state index is 0.130. The number of rotatable bonds is 6. The lowest BCUT2D eigenvalue weighted by molar-refractivity contribution is 0.445. The lowest BCUT2D eigenvalue weighted by Gasteiger charge is -2.18. The molecule has 7 heteroatoms. The SMILES string of the molecule is CCN(CC)S(=O)(=O)c1ccc2c(c1)oc(=O)n2Cc1ccc(C)cc1. The molecule has 0 unspecified atom stereocenters. The Morgan fingerprint density at radius 1 is 1.04 bits per heavy atom. The van der Waals surface area contributed by atoms with E-state index in [1.807, 2.05) is 31.2 Å². The van der Waals surface area contributed by atoms with Crippen molar-refractivity contribution in [3.05, 3.63) is 64.1 Å². The Balaban J connectivity index is 2.03. The van der Waals surface area contributed by atoms with Crippen LogP contribution in [-0.4, -0.2) is 30.4 Å². The van der Waals surface area contributed by atoms with Crippen molar-refractivity contribution in [1.82, 2.24) is 8.87 Å². The highest BCUT2D eigenvalue weighted by molar-refractivity contribution is 7.89. The van der Waals surface area contributed by atoms with Crippen molar-refractivity contribution in [3.63, 3.8) is 0 Å². The van der Waals surface area contributed by atoms with Crippen molar-refractivity contribution < 1.29 is 12.8 Å². The topological polar surface area (TPSA) is 72.5 Å². The largest absolute Gasteiger partial charge is 0.420 e. The first kappa shape index (κ1) is 18.4. The van der Waals surface area contributed by atoms with E-state index in [1.54, 1.807) is 19.9 Å². The van der Waals surface area contributed by atoms with Gasteiger partial charge in [-0.1, -0.05) is 43.7 Å². The van der Waals surface area contributed by atoms with Gasteiger partial charge in [-0.25, -0.2) is 13.2 Å². The van der Waals surface area contributed by atoms with Crippen LogP contribution in [0.2, 0.25) is 0 Å². The molecular weight excluding hydrogens is 352 g/mol. The molecule has 0 saturated heterocycles. The highest BCUT2D eigenvalue weighted by atomic mass is 32.2. The van der Waals surface area contributed by atoms with Crippen molar-refractivity contribution in [2.75, 3.05) is 13.1 Å². The summed E-state index contributed by atoms with van der Waals surface area (Å²) in [4.78, 5) is 12.4. The van der Waals surface area contributed by atoms with Gasteiger partial charge < -0.3 is 4.42 Å². The third-order valence-electron chi connectivity index (χ3n) is 4.44. The van der Waals surface area contributed by atoms with Crippen LogP contribution in [0.25, 0.3) is 11.1 Å². The van der Waals surface area contributed by atoms with Crippen molar-refractivity contribution in [2.24, 2.45) is 0 Å². The molecule has 0 aliphatic carbocycles. The fourth-order valence-electron chi connectivity index (χ4n) is 2.95. The molecule has 26 heavy (non-hydrogen) atoms. The predicted octanol–water partition coefficient (Wildman–Crippen LogP) is 2.98. The highest BCUT2D eigenvalue weighted by Gasteiger charge is 2.23. The van der Waals surface area contributed by atoms with Crippen LogP contribution >= 0.6 is 0 Å². The zero-order valence-electron chi connectivity index (χ0n) is 15.1. The summed E-state index contributed by atoms with van der Waals surface area (Å²) in [5, 5.41) is 0. The normalized spacial score (nSPS) is 12.2. The molecule has 1 aromatic heterocycles. The number of oxazole rings is 1. The van der Waals surface area contributed by atoms with Crippen LogP contribution in [-0.2, 0) is 16.6 Å². The van der Waals surface area contributed by atoms with E-state index >= 15 is 0 Å². The number of benzene rings is 2. The Labute approximate surface area is 152 Å². The fourth-order valence-corrected chi connectivity index (χ4v) is 4.42. The Bertz CT molecular complexity index is 1070. The van der Waals surface area contributed by atoms with Crippen LogP contribution in [0.15, 0.2) is 56.6 Å². The van der Waals surface area contributed by atoms with E-state index in [4.69, 9.17) is 4.42 Å². The third-order valence-corrected chi connectivity index (χ3v) is 6.49. The minimum atomic E-state index is -3.60. The molecule has 3 aromatic rings. The number of hydrogen-bond donors (Lipinski definition) is 0. The van der Waals surface area contributed by atoms with Crippen molar-refractivity contribution >= 4 is 21.1 Å². The summed E-state index contributed by atoms with van der Waals surface area (Å²) >= 11 is 0. The Morgan fingerprint density at radius 2 is 1.69 bits per heavy atom. The first-order chi connectivity index (χ1) is 12.4. The van der Waals surface area contributed by atoms with Gasteiger partial charge in [0.2, 0.25) is 10.0 Å². The number of aryl methyl sites for hydroxylation is 1. The van der Waals surface area contributed by atoms with Gasteiger partial charge in [0, 0.05) is 19.2 Å². The van der Waals surface area contributed by atoms with Crippen LogP contribution in [0, 0.1) is 6.92 Å². The van der Waals surface area contributed by atoms with E-state index < -0.39 is 15.8 Å². The molecule has 0 amide bonds. The van der Waals surface area contributed by atoms with Gasteiger partial charge in [-0.15, -0.1) is 0 Å². The highest BCUT2D eigenvalue weighted by Crippen LogP contribution is 2.22. The quantitative estimate of drug-likeness (QED) is 0.665. The maximum absolute atomic E-state index is 12.7. The second kappa shape index (κ2) is 7.09. The standard InChI is InChI=1S/C19H22N2O4S/c1-4-20(5-2)26(23,24)16-10-11-17-18(12-16)25-19(22)21(17)13-15-8-6-14(3)7-9-15/h6-12H,4-5,13H2,1-3H3. The lowest BCUT2D eigenvalue weighted by atomic mass is 10.1. The van der Waals surface area contributed by atoms with Crippen LogP contribution in [0.5, 0.6) is 0 Å². The van der Waals surface area contributed by atoms with Gasteiger partial charge in [0.25, 0.3) is 0 Å². The molecule has 0 spiro atoms. The van der Waals surface area contributed by atoms with Gasteiger partial charge in [0.15, 0.2) is 5.58 Å². The molecule has 0 aliphatic heterocycles. The van der Waals surface area contributed by atoms with Gasteiger partial charge in [-0.2, -0.15) is 4.31 Å². The molecule has 0 N–H and O–H groups in total. The monoisotopic (exact) mass is 374 g/mol. The molecule has 0 radical (unpaired) electrons. The predicted molar refractivity (Wildman–Crippen MR) is 101 cm³/mol. The summed E-state index contributed by atoms with van der Waals surface area (Å²) < 4.78 is 33.5. The van der Waals surface area contributed by atoms with Crippen LogP contribution in [0.4, 0.5) is 0 Å². The second-order valence-electron chi connectivity index (χ2n) is 6.16. The number of hydrogen-bond acceptors (Lipinski definition) is 4. The van der Waals surface area contributed by atoms with Gasteiger partial charge in [-0.05, 0) is 24.6 Å². The maximum Gasteiger partial charge on any atom is 0.420 e. The first-order valence-corrected chi connectivity index (χ1v) is 10.00. The molecule has 0 saturated carbocycles. The molecular formula is C19H22N2O4S. The van der Waals surface area contributed by atoms with Crippen LogP contribution in [0.3, 0.4) is 0 Å². The number of fused-ring (bicyclic) bond motifs is 1. The van der Waals surface area contributed by atoms with Gasteiger partial charge >= 0.3 is 5.76 Å². The smallest absolute Gasteiger partial charge is 0.408 e. The second-order valence-corrected chi connectivity index (χ2v) is 8.10. The summed E-state index contributed by atoms with van der Waals surface area (Å²) in [6.07, 6.45) is 0. The van der Waals surface area contributed by atoms with Crippen molar-refractivity contribution in [3.8, 4) is 0 Å². The number of nitrogens with zero attached hydrogens (tertiary/aromatic N) is 2.